The van der Waals surface area contributed by atoms with E-state index in [4.69, 9.17) is 0 Å². The van der Waals surface area contributed by atoms with Gasteiger partial charge in [-0.1, -0.05) is 36.4 Å². The number of aromatic hydroxyl groups is 1. The predicted octanol–water partition coefficient (Wildman–Crippen LogP) is 3.66. The third kappa shape index (κ3) is 2.91. The minimum atomic E-state index is -0.356. The molecule has 27 heavy (non-hydrogen) atoms. The summed E-state index contributed by atoms with van der Waals surface area (Å²) in [7, 11) is 0. The molecule has 134 valence electrons. The van der Waals surface area contributed by atoms with Crippen LogP contribution in [0.4, 0.5) is 0 Å². The van der Waals surface area contributed by atoms with Crippen molar-refractivity contribution in [3.8, 4) is 5.75 Å². The molecule has 6 nitrogen and oxygen atoms in total. The van der Waals surface area contributed by atoms with E-state index in [1.54, 1.807) is 30.5 Å². The summed E-state index contributed by atoms with van der Waals surface area (Å²) in [6, 6.07) is 16.8. The van der Waals surface area contributed by atoms with E-state index in [1.165, 1.54) is 0 Å². The number of nitrogens with one attached hydrogen (secondary N) is 1. The first-order valence-electron chi connectivity index (χ1n) is 8.55. The summed E-state index contributed by atoms with van der Waals surface area (Å²) in [5.41, 5.74) is 5.42. The molecule has 2 aromatic carbocycles. The maximum absolute atomic E-state index is 12.6. The number of phenols is 1. The minimum Gasteiger partial charge on any atom is -0.507 e. The van der Waals surface area contributed by atoms with Crippen LogP contribution < -0.4 is 5.43 Å². The molecule has 2 heterocycles. The van der Waals surface area contributed by atoms with Crippen LogP contribution in [-0.2, 0) is 0 Å². The van der Waals surface area contributed by atoms with Crippen molar-refractivity contribution in [2.24, 2.45) is 5.10 Å². The Bertz CT molecular complexity index is 1210. The highest BCUT2D eigenvalue weighted by Crippen LogP contribution is 2.28. The van der Waals surface area contributed by atoms with Crippen LogP contribution in [0.15, 0.2) is 65.9 Å². The predicted molar refractivity (Wildman–Crippen MR) is 105 cm³/mol. The van der Waals surface area contributed by atoms with Gasteiger partial charge in [0.25, 0.3) is 5.91 Å². The van der Waals surface area contributed by atoms with E-state index in [-0.39, 0.29) is 11.7 Å². The van der Waals surface area contributed by atoms with Crippen molar-refractivity contribution >= 4 is 28.0 Å². The average molecular weight is 358 g/mol. The molecule has 0 bridgehead atoms. The van der Waals surface area contributed by atoms with Gasteiger partial charge in [0.1, 0.15) is 17.1 Å². The summed E-state index contributed by atoms with van der Waals surface area (Å²) in [5.74, 6) is -0.208. The summed E-state index contributed by atoms with van der Waals surface area (Å²) >= 11 is 0. The Hall–Kier alpha value is -3.67. The molecule has 0 aliphatic heterocycles. The van der Waals surface area contributed by atoms with Gasteiger partial charge in [-0.25, -0.2) is 10.4 Å². The van der Waals surface area contributed by atoms with Crippen molar-refractivity contribution in [2.45, 2.75) is 13.8 Å². The molecular formula is C21H18N4O2. The number of aromatic nitrogens is 2. The maximum Gasteiger partial charge on any atom is 0.290 e. The SMILES string of the molecule is C/C(=N\NC(=O)c1c(C)nc2ccccn12)c1ccc2ccccc2c1O. The molecule has 0 atom stereocenters. The summed E-state index contributed by atoms with van der Waals surface area (Å²) < 4.78 is 1.73. The van der Waals surface area contributed by atoms with Crippen LogP contribution in [-0.4, -0.2) is 26.1 Å². The van der Waals surface area contributed by atoms with Gasteiger partial charge in [-0.05, 0) is 37.4 Å². The number of nitrogens with zero attached hydrogens (tertiary/aromatic N) is 3. The number of aryl methyl sites for hydroxylation is 1. The molecule has 0 spiro atoms. The van der Waals surface area contributed by atoms with Gasteiger partial charge in [-0.2, -0.15) is 5.10 Å². The molecule has 0 aliphatic carbocycles. The minimum absolute atomic E-state index is 0.148. The normalized spacial score (nSPS) is 11.9. The van der Waals surface area contributed by atoms with Crippen LogP contribution in [0.2, 0.25) is 0 Å². The number of carbonyl (C=O) groups excluding carboxylic acids is 1. The fourth-order valence-electron chi connectivity index (χ4n) is 3.18. The first-order valence-corrected chi connectivity index (χ1v) is 8.55. The second kappa shape index (κ2) is 6.57. The van der Waals surface area contributed by atoms with Gasteiger partial charge in [0.05, 0.1) is 11.4 Å². The van der Waals surface area contributed by atoms with E-state index in [0.29, 0.717) is 28.3 Å². The lowest BCUT2D eigenvalue weighted by molar-refractivity contribution is 0.0948. The number of benzene rings is 2. The van der Waals surface area contributed by atoms with Gasteiger partial charge in [0.2, 0.25) is 0 Å². The number of amides is 1. The van der Waals surface area contributed by atoms with Crippen molar-refractivity contribution in [3.63, 3.8) is 0 Å². The Morgan fingerprint density at radius 2 is 1.89 bits per heavy atom. The standard InChI is InChI=1S/C21H18N4O2/c1-13(16-11-10-15-7-3-4-8-17(15)20(16)26)23-24-21(27)19-14(2)22-18-9-5-6-12-25(18)19/h3-12,26H,1-2H3,(H,24,27)/b23-13+. The molecule has 0 aliphatic rings. The Labute approximate surface area is 155 Å². The second-order valence-corrected chi connectivity index (χ2v) is 6.30. The summed E-state index contributed by atoms with van der Waals surface area (Å²) in [6.07, 6.45) is 1.79. The average Bonchev–Trinajstić information content (AvgIpc) is 3.02. The zero-order valence-corrected chi connectivity index (χ0v) is 15.0. The van der Waals surface area contributed by atoms with E-state index in [0.717, 1.165) is 10.8 Å². The monoisotopic (exact) mass is 358 g/mol. The third-order valence-electron chi connectivity index (χ3n) is 4.53. The molecule has 4 rings (SSSR count). The molecule has 0 saturated heterocycles. The van der Waals surface area contributed by atoms with Crippen LogP contribution in [0.25, 0.3) is 16.4 Å². The highest BCUT2D eigenvalue weighted by atomic mass is 16.3. The Morgan fingerprint density at radius 3 is 2.74 bits per heavy atom. The van der Waals surface area contributed by atoms with Gasteiger partial charge in [0, 0.05) is 17.1 Å². The number of phenolic OH excluding ortho intramolecular Hbond substituents is 1. The van der Waals surface area contributed by atoms with Crippen LogP contribution in [0.3, 0.4) is 0 Å². The number of hydrogen-bond acceptors (Lipinski definition) is 4. The zero-order valence-electron chi connectivity index (χ0n) is 15.0. The van der Waals surface area contributed by atoms with E-state index in [2.05, 4.69) is 15.5 Å². The molecular weight excluding hydrogens is 340 g/mol. The largest absolute Gasteiger partial charge is 0.507 e. The van der Waals surface area contributed by atoms with Crippen molar-refractivity contribution in [1.29, 1.82) is 0 Å². The lowest BCUT2D eigenvalue weighted by Gasteiger charge is -2.08. The molecule has 1 amide bonds. The van der Waals surface area contributed by atoms with Crippen molar-refractivity contribution in [1.82, 2.24) is 14.8 Å². The lowest BCUT2D eigenvalue weighted by Crippen LogP contribution is -2.22. The molecule has 2 N–H and O–H groups in total. The van der Waals surface area contributed by atoms with E-state index in [1.807, 2.05) is 48.5 Å². The van der Waals surface area contributed by atoms with Gasteiger partial charge < -0.3 is 5.11 Å². The Kier molecular flexibility index (Phi) is 4.08. The summed E-state index contributed by atoms with van der Waals surface area (Å²) in [4.78, 5) is 17.0. The highest BCUT2D eigenvalue weighted by molar-refractivity contribution is 6.07. The molecule has 0 unspecified atom stereocenters. The fraction of sp³-hybridized carbons (Fsp3) is 0.0952. The number of hydrogen-bond donors (Lipinski definition) is 2. The van der Waals surface area contributed by atoms with E-state index >= 15 is 0 Å². The quantitative estimate of drug-likeness (QED) is 0.433. The first-order chi connectivity index (χ1) is 13.1. The van der Waals surface area contributed by atoms with Gasteiger partial charge >= 0.3 is 0 Å². The summed E-state index contributed by atoms with van der Waals surface area (Å²) in [6.45, 7) is 3.53. The molecule has 0 saturated carbocycles. The van der Waals surface area contributed by atoms with Crippen molar-refractivity contribution < 1.29 is 9.90 Å². The smallest absolute Gasteiger partial charge is 0.290 e. The first kappa shape index (κ1) is 16.8. The van der Waals surface area contributed by atoms with Crippen molar-refractivity contribution in [3.05, 3.63) is 77.7 Å². The van der Waals surface area contributed by atoms with Crippen molar-refractivity contribution in [2.75, 3.05) is 0 Å². The Morgan fingerprint density at radius 1 is 1.11 bits per heavy atom. The number of hydrazone groups is 1. The molecule has 6 heteroatoms. The molecule has 2 aromatic heterocycles. The zero-order chi connectivity index (χ0) is 19.0. The van der Waals surface area contributed by atoms with Crippen LogP contribution >= 0.6 is 0 Å². The maximum atomic E-state index is 12.6. The molecule has 0 fully saturated rings. The fourth-order valence-corrected chi connectivity index (χ4v) is 3.18. The van der Waals surface area contributed by atoms with Gasteiger partial charge in [0.15, 0.2) is 0 Å². The second-order valence-electron chi connectivity index (χ2n) is 6.30. The number of fused-ring (bicyclic) bond motifs is 2. The summed E-state index contributed by atoms with van der Waals surface area (Å²) in [5, 5.41) is 16.4. The highest BCUT2D eigenvalue weighted by Gasteiger charge is 2.16. The lowest BCUT2D eigenvalue weighted by atomic mass is 10.0. The van der Waals surface area contributed by atoms with Crippen LogP contribution in [0, 0.1) is 6.92 Å². The van der Waals surface area contributed by atoms with E-state index in [9.17, 15) is 9.90 Å². The number of carbonyl (C=O) groups is 1. The molecule has 0 radical (unpaired) electrons. The van der Waals surface area contributed by atoms with Gasteiger partial charge in [-0.3, -0.25) is 9.20 Å². The number of imidazole rings is 1. The Balaban J connectivity index is 1.65. The number of rotatable bonds is 3. The van der Waals surface area contributed by atoms with E-state index < -0.39 is 0 Å². The molecule has 4 aromatic rings. The van der Waals surface area contributed by atoms with Crippen LogP contribution in [0.5, 0.6) is 5.75 Å². The van der Waals surface area contributed by atoms with Crippen LogP contribution in [0.1, 0.15) is 28.7 Å². The third-order valence-corrected chi connectivity index (χ3v) is 4.53. The van der Waals surface area contributed by atoms with Gasteiger partial charge in [-0.15, -0.1) is 0 Å². The number of pyridine rings is 1. The topological polar surface area (TPSA) is 79.0 Å².